The standard InChI is InChI=1S/C23H17N5O4/c29-22(15-9-11-17(12-10-15)28(31)32)26-21-8-4-2-6-19(21)23(30)27-25-14-16-13-24-20-7-3-1-5-18(16)20/h1-14,24H,(H,26,29)(H,27,30). The molecular formula is C23H17N5O4. The number of fused-ring (bicyclic) bond motifs is 1. The van der Waals surface area contributed by atoms with Gasteiger partial charge in [0.25, 0.3) is 17.5 Å². The predicted octanol–water partition coefficient (Wildman–Crippen LogP) is 4.09. The molecule has 0 atom stereocenters. The maximum Gasteiger partial charge on any atom is 0.273 e. The third kappa shape index (κ3) is 4.36. The van der Waals surface area contributed by atoms with E-state index in [0.717, 1.165) is 16.5 Å². The molecule has 0 unspecified atom stereocenters. The van der Waals surface area contributed by atoms with Crippen LogP contribution in [0.25, 0.3) is 10.9 Å². The molecule has 1 aromatic heterocycles. The maximum absolute atomic E-state index is 12.6. The maximum atomic E-state index is 12.6. The van der Waals surface area contributed by atoms with Crippen LogP contribution < -0.4 is 10.7 Å². The van der Waals surface area contributed by atoms with Crippen molar-refractivity contribution < 1.29 is 14.5 Å². The van der Waals surface area contributed by atoms with Crippen LogP contribution in [0.5, 0.6) is 0 Å². The molecule has 9 nitrogen and oxygen atoms in total. The Morgan fingerprint density at radius 2 is 1.66 bits per heavy atom. The highest BCUT2D eigenvalue weighted by Gasteiger charge is 2.15. The zero-order chi connectivity index (χ0) is 22.5. The summed E-state index contributed by atoms with van der Waals surface area (Å²) in [5.74, 6) is -0.997. The van der Waals surface area contributed by atoms with Crippen molar-refractivity contribution in [2.24, 2.45) is 5.10 Å². The molecule has 0 fully saturated rings. The van der Waals surface area contributed by atoms with Crippen molar-refractivity contribution in [1.29, 1.82) is 0 Å². The Balaban J connectivity index is 1.47. The normalized spacial score (nSPS) is 10.9. The summed E-state index contributed by atoms with van der Waals surface area (Å²) in [6.07, 6.45) is 3.33. The molecule has 9 heteroatoms. The summed E-state index contributed by atoms with van der Waals surface area (Å²) in [6.45, 7) is 0. The van der Waals surface area contributed by atoms with Crippen molar-refractivity contribution >= 4 is 40.3 Å². The summed E-state index contributed by atoms with van der Waals surface area (Å²) >= 11 is 0. The van der Waals surface area contributed by atoms with Crippen molar-refractivity contribution in [3.05, 3.63) is 106 Å². The highest BCUT2D eigenvalue weighted by molar-refractivity contribution is 6.09. The number of rotatable bonds is 6. The minimum Gasteiger partial charge on any atom is -0.361 e. The number of non-ortho nitro benzene ring substituents is 1. The van der Waals surface area contributed by atoms with Gasteiger partial charge in [-0.05, 0) is 30.3 Å². The molecule has 4 aromatic rings. The number of hydrogen-bond donors (Lipinski definition) is 3. The van der Waals surface area contributed by atoms with E-state index in [0.29, 0.717) is 0 Å². The second-order valence-electron chi connectivity index (χ2n) is 6.79. The zero-order valence-corrected chi connectivity index (χ0v) is 16.6. The van der Waals surface area contributed by atoms with E-state index < -0.39 is 16.7 Å². The van der Waals surface area contributed by atoms with E-state index in [1.807, 2.05) is 24.3 Å². The molecule has 158 valence electrons. The van der Waals surface area contributed by atoms with Crippen molar-refractivity contribution in [3.8, 4) is 0 Å². The summed E-state index contributed by atoms with van der Waals surface area (Å²) < 4.78 is 0. The largest absolute Gasteiger partial charge is 0.361 e. The molecular weight excluding hydrogens is 410 g/mol. The number of nitrogens with one attached hydrogen (secondary N) is 3. The zero-order valence-electron chi connectivity index (χ0n) is 16.6. The van der Waals surface area contributed by atoms with Gasteiger partial charge in [-0.25, -0.2) is 5.43 Å². The smallest absolute Gasteiger partial charge is 0.273 e. The van der Waals surface area contributed by atoms with Crippen molar-refractivity contribution in [2.45, 2.75) is 0 Å². The Kier molecular flexibility index (Phi) is 5.71. The second kappa shape index (κ2) is 8.92. The molecule has 32 heavy (non-hydrogen) atoms. The van der Waals surface area contributed by atoms with Gasteiger partial charge in [0.1, 0.15) is 0 Å². The van der Waals surface area contributed by atoms with E-state index in [9.17, 15) is 19.7 Å². The number of carbonyl (C=O) groups excluding carboxylic acids is 2. The summed E-state index contributed by atoms with van der Waals surface area (Å²) in [4.78, 5) is 38.5. The van der Waals surface area contributed by atoms with Crippen LogP contribution in [0.1, 0.15) is 26.3 Å². The first-order valence-corrected chi connectivity index (χ1v) is 9.57. The van der Waals surface area contributed by atoms with Crippen LogP contribution in [-0.2, 0) is 0 Å². The molecule has 0 bridgehead atoms. The van der Waals surface area contributed by atoms with Gasteiger partial charge in [-0.3, -0.25) is 19.7 Å². The Labute approximate surface area is 181 Å². The molecule has 0 saturated carbocycles. The van der Waals surface area contributed by atoms with Gasteiger partial charge < -0.3 is 10.3 Å². The molecule has 4 rings (SSSR count). The first kappa shape index (κ1) is 20.5. The Morgan fingerprint density at radius 3 is 2.44 bits per heavy atom. The molecule has 3 aromatic carbocycles. The molecule has 0 aliphatic carbocycles. The van der Waals surface area contributed by atoms with Crippen LogP contribution in [0, 0.1) is 10.1 Å². The van der Waals surface area contributed by atoms with Crippen LogP contribution >= 0.6 is 0 Å². The van der Waals surface area contributed by atoms with E-state index in [1.165, 1.54) is 30.5 Å². The number of nitro groups is 1. The molecule has 2 amide bonds. The average molecular weight is 427 g/mol. The number of anilines is 1. The topological polar surface area (TPSA) is 129 Å². The molecule has 1 heterocycles. The monoisotopic (exact) mass is 427 g/mol. The lowest BCUT2D eigenvalue weighted by Gasteiger charge is -2.10. The minimum absolute atomic E-state index is 0.116. The molecule has 0 spiro atoms. The first-order valence-electron chi connectivity index (χ1n) is 9.57. The van der Waals surface area contributed by atoms with E-state index >= 15 is 0 Å². The van der Waals surface area contributed by atoms with Gasteiger partial charge in [-0.2, -0.15) is 5.10 Å². The van der Waals surface area contributed by atoms with Gasteiger partial charge in [0.2, 0.25) is 0 Å². The third-order valence-electron chi connectivity index (χ3n) is 4.75. The molecule has 0 radical (unpaired) electrons. The number of H-pyrrole nitrogens is 1. The first-order chi connectivity index (χ1) is 15.5. The fourth-order valence-electron chi connectivity index (χ4n) is 3.14. The Morgan fingerprint density at radius 1 is 0.938 bits per heavy atom. The Hall–Kier alpha value is -4.79. The summed E-state index contributed by atoms with van der Waals surface area (Å²) in [6, 6.07) is 19.4. The van der Waals surface area contributed by atoms with Crippen LogP contribution in [0.3, 0.4) is 0 Å². The van der Waals surface area contributed by atoms with Crippen molar-refractivity contribution in [3.63, 3.8) is 0 Å². The molecule has 0 aliphatic heterocycles. The highest BCUT2D eigenvalue weighted by atomic mass is 16.6. The van der Waals surface area contributed by atoms with E-state index in [2.05, 4.69) is 20.8 Å². The number of carbonyl (C=O) groups is 2. The fourth-order valence-corrected chi connectivity index (χ4v) is 3.14. The fraction of sp³-hybridized carbons (Fsp3) is 0. The quantitative estimate of drug-likeness (QED) is 0.243. The molecule has 0 aliphatic rings. The number of aromatic nitrogens is 1. The van der Waals surface area contributed by atoms with Crippen LogP contribution in [0.4, 0.5) is 11.4 Å². The van der Waals surface area contributed by atoms with Crippen LogP contribution in [-0.4, -0.2) is 27.9 Å². The number of nitrogens with zero attached hydrogens (tertiary/aromatic N) is 2. The van der Waals surface area contributed by atoms with E-state index in [4.69, 9.17) is 0 Å². The van der Waals surface area contributed by atoms with Gasteiger partial charge >= 0.3 is 0 Å². The van der Waals surface area contributed by atoms with Gasteiger partial charge in [-0.15, -0.1) is 0 Å². The summed E-state index contributed by atoms with van der Waals surface area (Å²) in [5.41, 5.74) is 4.86. The number of benzene rings is 3. The summed E-state index contributed by atoms with van der Waals surface area (Å²) in [5, 5.41) is 18.4. The van der Waals surface area contributed by atoms with E-state index in [1.54, 1.807) is 30.5 Å². The average Bonchev–Trinajstić information content (AvgIpc) is 3.22. The van der Waals surface area contributed by atoms with Crippen LogP contribution in [0.15, 0.2) is 84.1 Å². The minimum atomic E-state index is -0.544. The van der Waals surface area contributed by atoms with Gasteiger partial charge in [0.15, 0.2) is 0 Å². The number of hydrazone groups is 1. The number of nitro benzene ring substituents is 1. The SMILES string of the molecule is O=C(Nc1ccccc1C(=O)NN=Cc1c[nH]c2ccccc12)c1ccc([N+](=O)[O-])cc1. The number of para-hydroxylation sites is 2. The van der Waals surface area contributed by atoms with Crippen molar-refractivity contribution in [1.82, 2.24) is 10.4 Å². The third-order valence-corrected chi connectivity index (χ3v) is 4.75. The lowest BCUT2D eigenvalue weighted by Crippen LogP contribution is -2.21. The highest BCUT2D eigenvalue weighted by Crippen LogP contribution is 2.18. The number of amides is 2. The van der Waals surface area contributed by atoms with Crippen LogP contribution in [0.2, 0.25) is 0 Å². The summed E-state index contributed by atoms with van der Waals surface area (Å²) in [7, 11) is 0. The lowest BCUT2D eigenvalue weighted by atomic mass is 10.1. The molecule has 3 N–H and O–H groups in total. The second-order valence-corrected chi connectivity index (χ2v) is 6.79. The number of hydrogen-bond acceptors (Lipinski definition) is 5. The predicted molar refractivity (Wildman–Crippen MR) is 121 cm³/mol. The number of aromatic amines is 1. The van der Waals surface area contributed by atoms with Gasteiger partial charge in [0, 0.05) is 40.4 Å². The van der Waals surface area contributed by atoms with Crippen molar-refractivity contribution in [2.75, 3.05) is 5.32 Å². The molecule has 0 saturated heterocycles. The lowest BCUT2D eigenvalue weighted by molar-refractivity contribution is -0.384. The van der Waals surface area contributed by atoms with Gasteiger partial charge in [0.05, 0.1) is 22.4 Å². The Bertz CT molecular complexity index is 1340. The van der Waals surface area contributed by atoms with E-state index in [-0.39, 0.29) is 22.5 Å². The van der Waals surface area contributed by atoms with Gasteiger partial charge in [-0.1, -0.05) is 30.3 Å².